The second kappa shape index (κ2) is 7.65. The van der Waals surface area contributed by atoms with Gasteiger partial charge in [0.05, 0.1) is 6.04 Å². The lowest BCUT2D eigenvalue weighted by atomic mass is 9.98. The normalized spacial score (nSPS) is 10.9. The molecule has 116 valence electrons. The summed E-state index contributed by atoms with van der Waals surface area (Å²) in [6.45, 7) is 0.604. The molecule has 0 aliphatic heterocycles. The molecule has 0 saturated heterocycles. The van der Waals surface area contributed by atoms with Crippen molar-refractivity contribution in [2.24, 2.45) is 0 Å². The first kappa shape index (κ1) is 16.1. The Morgan fingerprint density at radius 1 is 0.652 bits per heavy atom. The number of hydrogen-bond acceptors (Lipinski definition) is 1. The van der Waals surface area contributed by atoms with E-state index in [0.29, 0.717) is 16.6 Å². The summed E-state index contributed by atoms with van der Waals surface area (Å²) in [6.07, 6.45) is 0. The molecule has 0 fully saturated rings. The molecule has 23 heavy (non-hydrogen) atoms. The number of rotatable bonds is 5. The van der Waals surface area contributed by atoms with E-state index in [4.69, 9.17) is 23.2 Å². The lowest BCUT2D eigenvalue weighted by Gasteiger charge is -2.20. The Morgan fingerprint density at radius 3 is 1.61 bits per heavy atom. The molecular formula is C20H17Cl2N. The van der Waals surface area contributed by atoms with Crippen molar-refractivity contribution >= 4 is 23.2 Å². The molecule has 0 atom stereocenters. The molecule has 0 aromatic heterocycles. The topological polar surface area (TPSA) is 12.0 Å². The number of nitrogens with one attached hydrogen (secondary N) is 1. The first-order valence-electron chi connectivity index (χ1n) is 7.52. The van der Waals surface area contributed by atoms with Crippen molar-refractivity contribution in [3.63, 3.8) is 0 Å². The zero-order valence-electron chi connectivity index (χ0n) is 12.5. The van der Waals surface area contributed by atoms with Crippen molar-refractivity contribution < 1.29 is 0 Å². The van der Waals surface area contributed by atoms with Gasteiger partial charge in [0.2, 0.25) is 0 Å². The molecule has 0 aliphatic rings. The molecule has 0 aliphatic carbocycles. The highest BCUT2D eigenvalue weighted by Gasteiger charge is 2.14. The summed E-state index contributed by atoms with van der Waals surface area (Å²) in [5.74, 6) is 0. The summed E-state index contributed by atoms with van der Waals surface area (Å²) in [6, 6.07) is 26.4. The lowest BCUT2D eigenvalue weighted by Crippen LogP contribution is -2.22. The van der Waals surface area contributed by atoms with Crippen molar-refractivity contribution in [2.75, 3.05) is 0 Å². The third-order valence-electron chi connectivity index (χ3n) is 3.81. The van der Waals surface area contributed by atoms with Gasteiger partial charge in [0.25, 0.3) is 0 Å². The van der Waals surface area contributed by atoms with Crippen LogP contribution in [0.2, 0.25) is 10.0 Å². The fourth-order valence-corrected chi connectivity index (χ4v) is 3.16. The maximum Gasteiger partial charge on any atom is 0.0579 e. The monoisotopic (exact) mass is 341 g/mol. The summed E-state index contributed by atoms with van der Waals surface area (Å²) in [7, 11) is 0. The van der Waals surface area contributed by atoms with Crippen LogP contribution in [0.5, 0.6) is 0 Å². The minimum atomic E-state index is 0.0877. The molecule has 3 rings (SSSR count). The third-order valence-corrected chi connectivity index (χ3v) is 4.52. The van der Waals surface area contributed by atoms with Crippen LogP contribution in [0.25, 0.3) is 0 Å². The Kier molecular flexibility index (Phi) is 5.35. The molecule has 0 unspecified atom stereocenters. The summed E-state index contributed by atoms with van der Waals surface area (Å²) in [5.41, 5.74) is 3.34. The van der Waals surface area contributed by atoms with Crippen molar-refractivity contribution in [3.05, 3.63) is 106 Å². The second-order valence-electron chi connectivity index (χ2n) is 5.34. The van der Waals surface area contributed by atoms with E-state index in [1.54, 1.807) is 0 Å². The lowest BCUT2D eigenvalue weighted by molar-refractivity contribution is 0.605. The molecule has 3 aromatic rings. The van der Waals surface area contributed by atoms with Crippen LogP contribution in [-0.4, -0.2) is 0 Å². The SMILES string of the molecule is Clc1cccc(Cl)c1CNC(c1ccccc1)c1ccccc1. The Hall–Kier alpha value is -1.80. The van der Waals surface area contributed by atoms with E-state index < -0.39 is 0 Å². The highest BCUT2D eigenvalue weighted by atomic mass is 35.5. The van der Waals surface area contributed by atoms with Crippen molar-refractivity contribution in [1.29, 1.82) is 0 Å². The van der Waals surface area contributed by atoms with E-state index in [1.165, 1.54) is 11.1 Å². The van der Waals surface area contributed by atoms with Gasteiger partial charge in [0.1, 0.15) is 0 Å². The van der Waals surface area contributed by atoms with Gasteiger partial charge in [-0.15, -0.1) is 0 Å². The van der Waals surface area contributed by atoms with Gasteiger partial charge in [0.15, 0.2) is 0 Å². The van der Waals surface area contributed by atoms with Crippen molar-refractivity contribution in [3.8, 4) is 0 Å². The summed E-state index contributed by atoms with van der Waals surface area (Å²) in [5, 5.41) is 4.95. The summed E-state index contributed by atoms with van der Waals surface area (Å²) < 4.78 is 0. The molecular weight excluding hydrogens is 325 g/mol. The van der Waals surface area contributed by atoms with Crippen molar-refractivity contribution in [2.45, 2.75) is 12.6 Å². The van der Waals surface area contributed by atoms with Gasteiger partial charge < -0.3 is 5.32 Å². The molecule has 0 bridgehead atoms. The van der Waals surface area contributed by atoms with Crippen molar-refractivity contribution in [1.82, 2.24) is 5.32 Å². The molecule has 1 nitrogen and oxygen atoms in total. The van der Waals surface area contributed by atoms with Crippen LogP contribution in [0.3, 0.4) is 0 Å². The highest BCUT2D eigenvalue weighted by molar-refractivity contribution is 6.35. The number of halogens is 2. The first-order valence-corrected chi connectivity index (χ1v) is 8.27. The number of hydrogen-bond donors (Lipinski definition) is 1. The smallest absolute Gasteiger partial charge is 0.0579 e. The molecule has 3 aromatic carbocycles. The average molecular weight is 342 g/mol. The van der Waals surface area contributed by atoms with Crippen LogP contribution >= 0.6 is 23.2 Å². The molecule has 0 saturated carbocycles. The molecule has 0 spiro atoms. The predicted octanol–water partition coefficient (Wildman–Crippen LogP) is 5.87. The maximum absolute atomic E-state index is 6.28. The van der Waals surface area contributed by atoms with E-state index >= 15 is 0 Å². The van der Waals surface area contributed by atoms with Gasteiger partial charge in [-0.3, -0.25) is 0 Å². The van der Waals surface area contributed by atoms with Crippen LogP contribution < -0.4 is 5.32 Å². The minimum Gasteiger partial charge on any atom is -0.302 e. The zero-order valence-corrected chi connectivity index (χ0v) is 14.1. The molecule has 0 radical (unpaired) electrons. The summed E-state index contributed by atoms with van der Waals surface area (Å²) >= 11 is 12.6. The van der Waals surface area contributed by atoms with Crippen LogP contribution in [-0.2, 0) is 6.54 Å². The fraction of sp³-hybridized carbons (Fsp3) is 0.100. The van der Waals surface area contributed by atoms with E-state index in [2.05, 4.69) is 53.8 Å². The number of benzene rings is 3. The van der Waals surface area contributed by atoms with Gasteiger partial charge in [0, 0.05) is 22.2 Å². The minimum absolute atomic E-state index is 0.0877. The standard InChI is InChI=1S/C20H17Cl2N/c21-18-12-7-13-19(22)17(18)14-23-20(15-8-3-1-4-9-15)16-10-5-2-6-11-16/h1-13,20,23H,14H2. The van der Waals surface area contributed by atoms with E-state index in [1.807, 2.05) is 30.3 Å². The summed E-state index contributed by atoms with van der Waals surface area (Å²) in [4.78, 5) is 0. The van der Waals surface area contributed by atoms with Crippen LogP contribution in [0.1, 0.15) is 22.7 Å². The molecule has 0 amide bonds. The van der Waals surface area contributed by atoms with Gasteiger partial charge in [-0.2, -0.15) is 0 Å². The molecule has 0 heterocycles. The quantitative estimate of drug-likeness (QED) is 0.611. The largest absolute Gasteiger partial charge is 0.302 e. The fourth-order valence-electron chi connectivity index (χ4n) is 2.62. The van der Waals surface area contributed by atoms with Crippen LogP contribution in [0.4, 0.5) is 0 Å². The zero-order chi connectivity index (χ0) is 16.1. The predicted molar refractivity (Wildman–Crippen MR) is 98.0 cm³/mol. The first-order chi connectivity index (χ1) is 11.3. The maximum atomic E-state index is 6.28. The van der Waals surface area contributed by atoms with Crippen LogP contribution in [0.15, 0.2) is 78.9 Å². The average Bonchev–Trinajstić information content (AvgIpc) is 2.59. The highest BCUT2D eigenvalue weighted by Crippen LogP contribution is 2.27. The third kappa shape index (κ3) is 3.94. The Balaban J connectivity index is 1.88. The second-order valence-corrected chi connectivity index (χ2v) is 6.15. The Bertz CT molecular complexity index is 697. The van der Waals surface area contributed by atoms with E-state index in [-0.39, 0.29) is 6.04 Å². The van der Waals surface area contributed by atoms with E-state index in [9.17, 15) is 0 Å². The molecule has 1 N–H and O–H groups in total. The van der Waals surface area contributed by atoms with Gasteiger partial charge >= 0.3 is 0 Å². The molecule has 3 heteroatoms. The van der Waals surface area contributed by atoms with E-state index in [0.717, 1.165) is 5.56 Å². The van der Waals surface area contributed by atoms with Gasteiger partial charge in [-0.05, 0) is 23.3 Å². The Morgan fingerprint density at radius 2 is 1.13 bits per heavy atom. The van der Waals surface area contributed by atoms with Crippen LogP contribution in [0, 0.1) is 0 Å². The van der Waals surface area contributed by atoms with Gasteiger partial charge in [-0.1, -0.05) is 89.9 Å². The van der Waals surface area contributed by atoms with Gasteiger partial charge in [-0.25, -0.2) is 0 Å². The Labute approximate surface area is 146 Å².